The second-order valence-electron chi connectivity index (χ2n) is 6.96. The number of anilines is 1. The highest BCUT2D eigenvalue weighted by Crippen LogP contribution is 2.44. The third kappa shape index (κ3) is 4.84. The largest absolute Gasteiger partial charge is 0.325 e. The molecule has 3 nitrogen and oxygen atoms in total. The standard InChI is InChI=1S/C19H27NO2S/c1-14(2)10-13-19(11-6-7-12-19)18(22)20-16-8-4-5-9-17(16)23-15(3)21/h4-5,8-9,14H,6-7,10-13H2,1-3H3,(H,20,22). The van der Waals surface area contributed by atoms with Gasteiger partial charge in [0.25, 0.3) is 0 Å². The first kappa shape index (κ1) is 18.1. The Hall–Kier alpha value is -1.29. The van der Waals surface area contributed by atoms with Crippen LogP contribution in [0.5, 0.6) is 0 Å². The summed E-state index contributed by atoms with van der Waals surface area (Å²) >= 11 is 1.17. The lowest BCUT2D eigenvalue weighted by atomic mass is 9.79. The van der Waals surface area contributed by atoms with Gasteiger partial charge >= 0.3 is 0 Å². The minimum atomic E-state index is -0.224. The number of amides is 1. The van der Waals surface area contributed by atoms with Gasteiger partial charge in [-0.2, -0.15) is 0 Å². The Balaban J connectivity index is 2.14. The van der Waals surface area contributed by atoms with E-state index < -0.39 is 0 Å². The summed E-state index contributed by atoms with van der Waals surface area (Å²) in [6.07, 6.45) is 6.27. The van der Waals surface area contributed by atoms with Crippen molar-refractivity contribution in [3.63, 3.8) is 0 Å². The maximum absolute atomic E-state index is 13.0. The van der Waals surface area contributed by atoms with E-state index in [0.717, 1.165) is 49.1 Å². The highest BCUT2D eigenvalue weighted by atomic mass is 32.2. The molecule has 1 aromatic carbocycles. The number of rotatable bonds is 6. The molecule has 1 fully saturated rings. The highest BCUT2D eigenvalue weighted by molar-refractivity contribution is 8.13. The highest BCUT2D eigenvalue weighted by Gasteiger charge is 2.40. The topological polar surface area (TPSA) is 46.2 Å². The van der Waals surface area contributed by atoms with Gasteiger partial charge in [-0.25, -0.2) is 0 Å². The zero-order valence-electron chi connectivity index (χ0n) is 14.4. The Morgan fingerprint density at radius 3 is 2.48 bits per heavy atom. The van der Waals surface area contributed by atoms with Gasteiger partial charge in [-0.1, -0.05) is 50.6 Å². The smallest absolute Gasteiger partial charge is 0.230 e. The molecular formula is C19H27NO2S. The number of para-hydroxylation sites is 1. The van der Waals surface area contributed by atoms with Gasteiger partial charge < -0.3 is 5.32 Å². The predicted octanol–water partition coefficient (Wildman–Crippen LogP) is 5.26. The van der Waals surface area contributed by atoms with Crippen LogP contribution in [0.25, 0.3) is 0 Å². The van der Waals surface area contributed by atoms with Gasteiger partial charge in [-0.15, -0.1) is 0 Å². The lowest BCUT2D eigenvalue weighted by Gasteiger charge is -2.29. The van der Waals surface area contributed by atoms with Gasteiger partial charge in [-0.3, -0.25) is 9.59 Å². The third-order valence-electron chi connectivity index (χ3n) is 4.63. The summed E-state index contributed by atoms with van der Waals surface area (Å²) in [6, 6.07) is 7.56. The summed E-state index contributed by atoms with van der Waals surface area (Å²) in [7, 11) is 0. The van der Waals surface area contributed by atoms with E-state index in [2.05, 4.69) is 19.2 Å². The molecule has 0 bridgehead atoms. The van der Waals surface area contributed by atoms with Crippen LogP contribution in [-0.4, -0.2) is 11.0 Å². The zero-order chi connectivity index (χ0) is 16.9. The first-order chi connectivity index (χ1) is 10.9. The number of thioether (sulfide) groups is 1. The summed E-state index contributed by atoms with van der Waals surface area (Å²) in [6.45, 7) is 5.96. The van der Waals surface area contributed by atoms with E-state index in [-0.39, 0.29) is 16.4 Å². The van der Waals surface area contributed by atoms with E-state index in [1.807, 2.05) is 24.3 Å². The molecule has 1 N–H and O–H groups in total. The van der Waals surface area contributed by atoms with Crippen molar-refractivity contribution in [2.24, 2.45) is 11.3 Å². The van der Waals surface area contributed by atoms with Crippen molar-refractivity contribution in [1.29, 1.82) is 0 Å². The molecule has 0 radical (unpaired) electrons. The first-order valence-corrected chi connectivity index (χ1v) is 9.33. The van der Waals surface area contributed by atoms with Gasteiger partial charge in [0.05, 0.1) is 5.69 Å². The van der Waals surface area contributed by atoms with E-state index in [4.69, 9.17) is 0 Å². The number of nitrogens with one attached hydrogen (secondary N) is 1. The molecule has 1 saturated carbocycles. The summed E-state index contributed by atoms with van der Waals surface area (Å²) in [4.78, 5) is 25.2. The third-order valence-corrected chi connectivity index (χ3v) is 5.49. The van der Waals surface area contributed by atoms with Crippen molar-refractivity contribution in [2.45, 2.75) is 64.2 Å². The molecule has 23 heavy (non-hydrogen) atoms. The Morgan fingerprint density at radius 1 is 1.22 bits per heavy atom. The molecule has 1 aliphatic carbocycles. The quantitative estimate of drug-likeness (QED) is 0.722. The minimum Gasteiger partial charge on any atom is -0.325 e. The Labute approximate surface area is 143 Å². The summed E-state index contributed by atoms with van der Waals surface area (Å²) in [5, 5.41) is 3.14. The molecule has 2 rings (SSSR count). The van der Waals surface area contributed by atoms with Gasteiger partial charge in [0.1, 0.15) is 0 Å². The average Bonchev–Trinajstić information content (AvgIpc) is 2.97. The molecule has 1 aliphatic rings. The molecule has 1 aromatic rings. The molecule has 0 atom stereocenters. The Bertz CT molecular complexity index is 562. The molecule has 0 aromatic heterocycles. The second-order valence-corrected chi connectivity index (χ2v) is 8.18. The van der Waals surface area contributed by atoms with Gasteiger partial charge in [0.15, 0.2) is 5.12 Å². The van der Waals surface area contributed by atoms with Crippen molar-refractivity contribution in [3.8, 4) is 0 Å². The van der Waals surface area contributed by atoms with E-state index in [1.165, 1.54) is 11.8 Å². The summed E-state index contributed by atoms with van der Waals surface area (Å²) < 4.78 is 0. The van der Waals surface area contributed by atoms with Crippen molar-refractivity contribution in [3.05, 3.63) is 24.3 Å². The SMILES string of the molecule is CC(=O)Sc1ccccc1NC(=O)C1(CCC(C)C)CCCC1. The zero-order valence-corrected chi connectivity index (χ0v) is 15.2. The maximum atomic E-state index is 13.0. The Kier molecular flexibility index (Phi) is 6.28. The van der Waals surface area contributed by atoms with Crippen molar-refractivity contribution < 1.29 is 9.59 Å². The van der Waals surface area contributed by atoms with Crippen molar-refractivity contribution >= 4 is 28.5 Å². The number of hydrogen-bond acceptors (Lipinski definition) is 3. The fourth-order valence-corrected chi connectivity index (χ4v) is 3.96. The molecule has 126 valence electrons. The van der Waals surface area contributed by atoms with Crippen LogP contribution in [0.3, 0.4) is 0 Å². The fourth-order valence-electron chi connectivity index (χ4n) is 3.28. The van der Waals surface area contributed by atoms with Crippen molar-refractivity contribution in [2.75, 3.05) is 5.32 Å². The van der Waals surface area contributed by atoms with E-state index in [9.17, 15) is 9.59 Å². The Morgan fingerprint density at radius 2 is 1.87 bits per heavy atom. The maximum Gasteiger partial charge on any atom is 0.230 e. The molecule has 0 heterocycles. The second kappa shape index (κ2) is 8.00. The number of benzene rings is 1. The van der Waals surface area contributed by atoms with Crippen molar-refractivity contribution in [1.82, 2.24) is 0 Å². The van der Waals surface area contributed by atoms with Gasteiger partial charge in [-0.05, 0) is 43.7 Å². The van der Waals surface area contributed by atoms with Crippen LogP contribution in [-0.2, 0) is 9.59 Å². The van der Waals surface area contributed by atoms with Gasteiger partial charge in [0.2, 0.25) is 5.91 Å². The van der Waals surface area contributed by atoms with Crippen LogP contribution in [0.4, 0.5) is 5.69 Å². The van der Waals surface area contributed by atoms with Crippen LogP contribution in [0.2, 0.25) is 0 Å². The molecule has 0 saturated heterocycles. The van der Waals surface area contributed by atoms with E-state index in [1.54, 1.807) is 6.92 Å². The molecule has 0 aliphatic heterocycles. The monoisotopic (exact) mass is 333 g/mol. The van der Waals surface area contributed by atoms with E-state index in [0.29, 0.717) is 5.92 Å². The first-order valence-electron chi connectivity index (χ1n) is 8.52. The molecule has 0 spiro atoms. The minimum absolute atomic E-state index is 0.0297. The fraction of sp³-hybridized carbons (Fsp3) is 0.579. The molecular weight excluding hydrogens is 306 g/mol. The normalized spacial score (nSPS) is 16.5. The van der Waals surface area contributed by atoms with E-state index >= 15 is 0 Å². The number of hydrogen-bond donors (Lipinski definition) is 1. The molecule has 1 amide bonds. The average molecular weight is 333 g/mol. The summed E-state index contributed by atoms with van der Waals surface area (Å²) in [5.41, 5.74) is 0.534. The molecule has 4 heteroatoms. The predicted molar refractivity (Wildman–Crippen MR) is 96.6 cm³/mol. The van der Waals surface area contributed by atoms with Crippen LogP contribution >= 0.6 is 11.8 Å². The van der Waals surface area contributed by atoms with Crippen LogP contribution in [0.15, 0.2) is 29.2 Å². The van der Waals surface area contributed by atoms with Crippen LogP contribution in [0, 0.1) is 11.3 Å². The lowest BCUT2D eigenvalue weighted by Crippen LogP contribution is -2.34. The van der Waals surface area contributed by atoms with Crippen LogP contribution < -0.4 is 5.32 Å². The molecule has 0 unspecified atom stereocenters. The van der Waals surface area contributed by atoms with Crippen LogP contribution in [0.1, 0.15) is 59.3 Å². The van der Waals surface area contributed by atoms with Gasteiger partial charge in [0, 0.05) is 17.2 Å². The number of carbonyl (C=O) groups is 2. The summed E-state index contributed by atoms with van der Waals surface area (Å²) in [5.74, 6) is 0.744. The number of carbonyl (C=O) groups excluding carboxylic acids is 2. The lowest BCUT2D eigenvalue weighted by molar-refractivity contribution is -0.126.